The van der Waals surface area contributed by atoms with E-state index in [0.717, 1.165) is 53.4 Å². The topological polar surface area (TPSA) is 63.7 Å². The molecule has 0 unspecified atom stereocenters. The Labute approximate surface area is 185 Å². The Hall–Kier alpha value is -1.82. The predicted molar refractivity (Wildman–Crippen MR) is 125 cm³/mol. The Balaban J connectivity index is 2.82. The van der Waals surface area contributed by atoms with Gasteiger partial charge in [0, 0.05) is 6.42 Å². The Morgan fingerprint density at radius 3 is 2.23 bits per heavy atom. The Bertz CT molecular complexity index is 732. The Morgan fingerprint density at radius 1 is 1.00 bits per heavy atom. The highest BCUT2D eigenvalue weighted by atomic mass is 32.2. The molecule has 1 amide bonds. The number of hydrogen-bond donors (Lipinski definition) is 0. The molecule has 30 heavy (non-hydrogen) atoms. The lowest BCUT2D eigenvalue weighted by Gasteiger charge is -2.31. The maximum absolute atomic E-state index is 13.1. The first-order valence-electron chi connectivity index (χ1n) is 10.9. The summed E-state index contributed by atoms with van der Waals surface area (Å²) in [5.41, 5.74) is 3.62. The van der Waals surface area contributed by atoms with E-state index < -0.39 is 12.0 Å². The first kappa shape index (κ1) is 26.2. The van der Waals surface area contributed by atoms with Crippen LogP contribution in [0.25, 0.3) is 0 Å². The smallest absolute Gasteiger partial charge is 0.328 e. The van der Waals surface area contributed by atoms with E-state index in [1.165, 1.54) is 31.3 Å². The fraction of sp³-hybridized carbons (Fsp3) is 0.625. The summed E-state index contributed by atoms with van der Waals surface area (Å²) in [6.45, 7) is 9.68. The summed E-state index contributed by atoms with van der Waals surface area (Å²) in [5, 5.41) is 0.0298. The zero-order valence-corrected chi connectivity index (χ0v) is 20.2. The number of aryl methyl sites for hydroxylation is 2. The molecule has 0 bridgehead atoms. The highest BCUT2D eigenvalue weighted by Crippen LogP contribution is 2.30. The van der Waals surface area contributed by atoms with Gasteiger partial charge in [-0.3, -0.25) is 14.5 Å². The number of carbonyl (C=O) groups is 3. The van der Waals surface area contributed by atoms with Crippen molar-refractivity contribution in [2.75, 3.05) is 17.8 Å². The Kier molecular flexibility index (Phi) is 11.8. The van der Waals surface area contributed by atoms with Crippen molar-refractivity contribution in [2.24, 2.45) is 0 Å². The molecule has 0 radical (unpaired) electrons. The SMILES string of the molecule is CCCCCCCCC(=O)SCC(=O)N(c1c(C)ccc(C)c1C)[C@@H](C)C(=O)OC. The Morgan fingerprint density at radius 2 is 1.60 bits per heavy atom. The number of thioether (sulfide) groups is 1. The maximum atomic E-state index is 13.1. The van der Waals surface area contributed by atoms with Gasteiger partial charge >= 0.3 is 5.97 Å². The van der Waals surface area contributed by atoms with Crippen molar-refractivity contribution >= 4 is 34.4 Å². The van der Waals surface area contributed by atoms with E-state index in [-0.39, 0.29) is 16.8 Å². The second kappa shape index (κ2) is 13.5. The molecule has 0 saturated heterocycles. The normalized spacial score (nSPS) is 11.8. The van der Waals surface area contributed by atoms with Crippen LogP contribution in [0, 0.1) is 20.8 Å². The number of rotatable bonds is 12. The minimum absolute atomic E-state index is 0.0167. The molecule has 0 N–H and O–H groups in total. The number of unbranched alkanes of at least 4 members (excludes halogenated alkanes) is 5. The molecular weight excluding hydrogens is 398 g/mol. The first-order valence-corrected chi connectivity index (χ1v) is 11.8. The van der Waals surface area contributed by atoms with Gasteiger partial charge in [0.15, 0.2) is 5.12 Å². The number of esters is 1. The number of nitrogens with zero attached hydrogens (tertiary/aromatic N) is 1. The molecule has 0 aliphatic rings. The monoisotopic (exact) mass is 435 g/mol. The van der Waals surface area contributed by atoms with Gasteiger partial charge in [-0.1, -0.05) is 62.9 Å². The van der Waals surface area contributed by atoms with Crippen LogP contribution in [0.2, 0.25) is 0 Å². The molecule has 0 aliphatic heterocycles. The van der Waals surface area contributed by atoms with Gasteiger partial charge in [0.1, 0.15) is 6.04 Å². The molecule has 1 atom stereocenters. The van der Waals surface area contributed by atoms with Crippen molar-refractivity contribution in [1.82, 2.24) is 0 Å². The zero-order chi connectivity index (χ0) is 22.7. The van der Waals surface area contributed by atoms with Crippen LogP contribution in [0.1, 0.15) is 75.5 Å². The van der Waals surface area contributed by atoms with E-state index in [0.29, 0.717) is 6.42 Å². The molecule has 1 rings (SSSR count). The number of amides is 1. The van der Waals surface area contributed by atoms with Crippen molar-refractivity contribution in [1.29, 1.82) is 0 Å². The first-order chi connectivity index (χ1) is 14.2. The third kappa shape index (κ3) is 7.78. The largest absolute Gasteiger partial charge is 0.467 e. The van der Waals surface area contributed by atoms with Gasteiger partial charge < -0.3 is 4.74 Å². The van der Waals surface area contributed by atoms with Crippen molar-refractivity contribution in [3.05, 3.63) is 28.8 Å². The van der Waals surface area contributed by atoms with Gasteiger partial charge in [0.05, 0.1) is 18.6 Å². The van der Waals surface area contributed by atoms with Crippen molar-refractivity contribution in [3.8, 4) is 0 Å². The number of hydrogen-bond acceptors (Lipinski definition) is 5. The van der Waals surface area contributed by atoms with E-state index in [2.05, 4.69) is 6.92 Å². The van der Waals surface area contributed by atoms with Gasteiger partial charge in [0.2, 0.25) is 5.91 Å². The van der Waals surface area contributed by atoms with Gasteiger partial charge in [-0.15, -0.1) is 0 Å². The molecular formula is C24H37NO4S. The fourth-order valence-electron chi connectivity index (χ4n) is 3.45. The number of carbonyl (C=O) groups excluding carboxylic acids is 3. The molecule has 0 heterocycles. The average molecular weight is 436 g/mol. The van der Waals surface area contributed by atoms with Crippen LogP contribution in [0.4, 0.5) is 5.69 Å². The third-order valence-corrected chi connectivity index (χ3v) is 6.35. The van der Waals surface area contributed by atoms with Crippen LogP contribution in [0.15, 0.2) is 12.1 Å². The van der Waals surface area contributed by atoms with Crippen LogP contribution in [0.5, 0.6) is 0 Å². The molecule has 5 nitrogen and oxygen atoms in total. The summed E-state index contributed by atoms with van der Waals surface area (Å²) < 4.78 is 4.89. The highest BCUT2D eigenvalue weighted by molar-refractivity contribution is 8.14. The summed E-state index contributed by atoms with van der Waals surface area (Å²) in [6.07, 6.45) is 7.21. The molecule has 6 heteroatoms. The average Bonchev–Trinajstić information content (AvgIpc) is 2.73. The van der Waals surface area contributed by atoms with Crippen molar-refractivity contribution < 1.29 is 19.1 Å². The summed E-state index contributed by atoms with van der Waals surface area (Å²) in [6, 6.07) is 3.17. The molecule has 0 aliphatic carbocycles. The molecule has 0 fully saturated rings. The van der Waals surface area contributed by atoms with E-state index in [4.69, 9.17) is 4.74 Å². The lowest BCUT2D eigenvalue weighted by atomic mass is 10.0. The summed E-state index contributed by atoms with van der Waals surface area (Å²) in [7, 11) is 1.32. The van der Waals surface area contributed by atoms with Crippen LogP contribution < -0.4 is 4.90 Å². The van der Waals surface area contributed by atoms with Gasteiger partial charge in [-0.25, -0.2) is 4.79 Å². The van der Waals surface area contributed by atoms with E-state index in [9.17, 15) is 14.4 Å². The highest BCUT2D eigenvalue weighted by Gasteiger charge is 2.30. The van der Waals surface area contributed by atoms with Crippen LogP contribution in [-0.2, 0) is 19.1 Å². The second-order valence-corrected chi connectivity index (χ2v) is 8.85. The quantitative estimate of drug-likeness (QED) is 0.320. The molecule has 0 spiro atoms. The van der Waals surface area contributed by atoms with E-state index in [1.54, 1.807) is 6.92 Å². The fourth-order valence-corrected chi connectivity index (χ4v) is 4.16. The standard InChI is InChI=1S/C24H37NO4S/c1-7-8-9-10-11-12-13-22(27)30-16-21(26)25(20(5)24(28)29-6)23-18(3)15-14-17(2)19(23)4/h14-15,20H,7-13,16H2,1-6H3/t20-/m0/s1. The number of ether oxygens (including phenoxy) is 1. The molecule has 0 saturated carbocycles. The van der Waals surface area contributed by atoms with Crippen molar-refractivity contribution in [2.45, 2.75) is 85.6 Å². The van der Waals surface area contributed by atoms with E-state index >= 15 is 0 Å². The molecule has 0 aromatic heterocycles. The van der Waals surface area contributed by atoms with Crippen LogP contribution in [0.3, 0.4) is 0 Å². The minimum Gasteiger partial charge on any atom is -0.467 e. The number of benzene rings is 1. The summed E-state index contributed by atoms with van der Waals surface area (Å²) >= 11 is 1.05. The van der Waals surface area contributed by atoms with Gasteiger partial charge in [-0.05, 0) is 50.8 Å². The third-order valence-electron chi connectivity index (χ3n) is 5.43. The number of anilines is 1. The maximum Gasteiger partial charge on any atom is 0.328 e. The van der Waals surface area contributed by atoms with Gasteiger partial charge in [0.25, 0.3) is 0 Å². The minimum atomic E-state index is -0.768. The number of methoxy groups -OCH3 is 1. The lowest BCUT2D eigenvalue weighted by molar-refractivity contribution is -0.142. The van der Waals surface area contributed by atoms with Crippen LogP contribution >= 0.6 is 11.8 Å². The second-order valence-electron chi connectivity index (χ2n) is 7.81. The summed E-state index contributed by atoms with van der Waals surface area (Å²) in [5.74, 6) is -0.721. The van der Waals surface area contributed by atoms with Crippen LogP contribution in [-0.4, -0.2) is 35.9 Å². The lowest BCUT2D eigenvalue weighted by Crippen LogP contribution is -2.46. The van der Waals surface area contributed by atoms with Crippen molar-refractivity contribution in [3.63, 3.8) is 0 Å². The summed E-state index contributed by atoms with van der Waals surface area (Å²) in [4.78, 5) is 39.1. The molecule has 1 aromatic carbocycles. The van der Waals surface area contributed by atoms with E-state index in [1.807, 2.05) is 32.9 Å². The molecule has 1 aromatic rings. The van der Waals surface area contributed by atoms with Gasteiger partial charge in [-0.2, -0.15) is 0 Å². The predicted octanol–water partition coefficient (Wildman–Crippen LogP) is 5.52. The molecule has 168 valence electrons. The zero-order valence-electron chi connectivity index (χ0n) is 19.4.